The zero-order valence-electron chi connectivity index (χ0n) is 10.6. The van der Waals surface area contributed by atoms with Gasteiger partial charge in [0, 0.05) is 0 Å². The van der Waals surface area contributed by atoms with Gasteiger partial charge in [-0.05, 0) is 6.92 Å². The van der Waals surface area contributed by atoms with Crippen molar-refractivity contribution in [1.82, 2.24) is 19.5 Å². The van der Waals surface area contributed by atoms with Crippen molar-refractivity contribution < 1.29 is 20.1 Å². The first-order chi connectivity index (χ1) is 9.50. The van der Waals surface area contributed by atoms with E-state index >= 15 is 0 Å². The van der Waals surface area contributed by atoms with E-state index in [9.17, 15) is 15.3 Å². The molecule has 0 spiro atoms. The van der Waals surface area contributed by atoms with Crippen molar-refractivity contribution >= 4 is 11.2 Å². The number of imidazole rings is 1. The van der Waals surface area contributed by atoms with Crippen LogP contribution < -0.4 is 5.49 Å². The molecule has 9 nitrogen and oxygen atoms in total. The molecule has 0 amide bonds. The lowest BCUT2D eigenvalue weighted by Crippen LogP contribution is -2.55. The van der Waals surface area contributed by atoms with Crippen molar-refractivity contribution in [1.29, 1.82) is 5.41 Å². The number of nitrogens with zero attached hydrogens (tertiary/aromatic N) is 3. The van der Waals surface area contributed by atoms with Crippen LogP contribution in [-0.2, 0) is 4.74 Å². The minimum atomic E-state index is -1.36. The molecule has 0 saturated carbocycles. The lowest BCUT2D eigenvalue weighted by atomic mass is 9.99. The van der Waals surface area contributed by atoms with Gasteiger partial charge in [-0.15, -0.1) is 0 Å². The number of hydrogen-bond donors (Lipinski definition) is 5. The molecule has 0 bridgehead atoms. The van der Waals surface area contributed by atoms with Crippen LogP contribution in [-0.4, -0.2) is 59.3 Å². The molecule has 0 aromatic carbocycles. The summed E-state index contributed by atoms with van der Waals surface area (Å²) in [6.45, 7) is 1.58. The number of H-pyrrole nitrogens is 1. The van der Waals surface area contributed by atoms with Gasteiger partial charge in [0.1, 0.15) is 30.2 Å². The average molecular weight is 281 g/mol. The molecule has 5 atom stereocenters. The van der Waals surface area contributed by atoms with Gasteiger partial charge < -0.3 is 25.0 Å². The highest BCUT2D eigenvalue weighted by Gasteiger charge is 2.42. The molecule has 0 aliphatic carbocycles. The minimum Gasteiger partial charge on any atom is -0.388 e. The smallest absolute Gasteiger partial charge is 0.182 e. The summed E-state index contributed by atoms with van der Waals surface area (Å²) in [5.41, 5.74) is 0.800. The second-order valence-corrected chi connectivity index (χ2v) is 4.81. The van der Waals surface area contributed by atoms with E-state index in [0.717, 1.165) is 0 Å². The number of aromatic amines is 1. The van der Waals surface area contributed by atoms with Crippen LogP contribution in [0.2, 0.25) is 0 Å². The van der Waals surface area contributed by atoms with Crippen LogP contribution in [0.1, 0.15) is 13.2 Å². The maximum Gasteiger partial charge on any atom is 0.182 e. The quantitative estimate of drug-likeness (QED) is 0.419. The summed E-state index contributed by atoms with van der Waals surface area (Å²) < 4.78 is 6.77. The number of aliphatic hydroxyl groups excluding tert-OH is 3. The van der Waals surface area contributed by atoms with E-state index in [1.54, 1.807) is 6.92 Å². The molecule has 1 fully saturated rings. The van der Waals surface area contributed by atoms with Crippen LogP contribution in [0, 0.1) is 5.41 Å². The number of nitrogens with one attached hydrogen (secondary N) is 2. The molecular weight excluding hydrogens is 266 g/mol. The highest BCUT2D eigenvalue weighted by atomic mass is 16.5. The van der Waals surface area contributed by atoms with E-state index in [-0.39, 0.29) is 5.49 Å². The van der Waals surface area contributed by atoms with Crippen LogP contribution in [0.25, 0.3) is 11.2 Å². The third-order valence-corrected chi connectivity index (χ3v) is 3.52. The SMILES string of the molecule is C[C@H]1OC(n2cnc3nc[nH]c3c2=N)[C@@H](O)[C@@H](O)[C@@H]1O. The standard InChI is InChI=1S/C11H15N5O4/c1-4-6(17)7(18)8(19)11(20-4)16-3-15-10-5(9(16)12)13-2-14-10/h2-4,6-8,11-12,17-19H,1H3,(H,13,14)/t4-,6-,7+,8+,11?/m1/s1. The second-order valence-electron chi connectivity index (χ2n) is 4.81. The van der Waals surface area contributed by atoms with Crippen molar-refractivity contribution in [2.45, 2.75) is 37.6 Å². The average Bonchev–Trinajstić information content (AvgIpc) is 2.91. The number of hydrogen-bond acceptors (Lipinski definition) is 7. The van der Waals surface area contributed by atoms with Gasteiger partial charge >= 0.3 is 0 Å². The molecule has 3 heterocycles. The minimum absolute atomic E-state index is 0.0207. The maximum atomic E-state index is 10.0. The summed E-state index contributed by atoms with van der Waals surface area (Å²) in [5, 5.41) is 37.6. The Bertz CT molecular complexity index is 683. The van der Waals surface area contributed by atoms with Gasteiger partial charge in [0.05, 0.1) is 12.4 Å². The Labute approximate surface area is 113 Å². The monoisotopic (exact) mass is 281 g/mol. The molecule has 108 valence electrons. The Morgan fingerprint density at radius 1 is 1.25 bits per heavy atom. The molecule has 1 saturated heterocycles. The van der Waals surface area contributed by atoms with Crippen LogP contribution in [0.5, 0.6) is 0 Å². The fourth-order valence-electron chi connectivity index (χ4n) is 2.32. The summed E-state index contributed by atoms with van der Waals surface area (Å²) in [5.74, 6) is 0. The number of aromatic nitrogens is 4. The summed E-state index contributed by atoms with van der Waals surface area (Å²) in [7, 11) is 0. The van der Waals surface area contributed by atoms with E-state index < -0.39 is 30.6 Å². The molecule has 1 unspecified atom stereocenters. The Balaban J connectivity index is 2.06. The molecule has 0 radical (unpaired) electrons. The first-order valence-corrected chi connectivity index (χ1v) is 6.15. The molecule has 2 aromatic rings. The number of ether oxygens (including phenoxy) is 1. The predicted octanol–water partition coefficient (Wildman–Crippen LogP) is -1.76. The van der Waals surface area contributed by atoms with Crippen LogP contribution in [0.4, 0.5) is 0 Å². The number of fused-ring (bicyclic) bond motifs is 1. The zero-order chi connectivity index (χ0) is 14.4. The summed E-state index contributed by atoms with van der Waals surface area (Å²) in [6.07, 6.45) is -2.85. The highest BCUT2D eigenvalue weighted by molar-refractivity contribution is 5.67. The third-order valence-electron chi connectivity index (χ3n) is 3.52. The van der Waals surface area contributed by atoms with Gasteiger partial charge in [0.2, 0.25) is 0 Å². The van der Waals surface area contributed by atoms with Gasteiger partial charge in [-0.25, -0.2) is 9.97 Å². The van der Waals surface area contributed by atoms with E-state index in [1.807, 2.05) is 0 Å². The Morgan fingerprint density at radius 3 is 2.75 bits per heavy atom. The first kappa shape index (κ1) is 13.2. The van der Waals surface area contributed by atoms with Gasteiger partial charge in [-0.1, -0.05) is 0 Å². The summed E-state index contributed by atoms with van der Waals surface area (Å²) >= 11 is 0. The molecule has 1 aliphatic heterocycles. The molecule has 2 aromatic heterocycles. The van der Waals surface area contributed by atoms with Crippen LogP contribution >= 0.6 is 0 Å². The number of rotatable bonds is 1. The molecule has 20 heavy (non-hydrogen) atoms. The third kappa shape index (κ3) is 1.83. The van der Waals surface area contributed by atoms with E-state index in [4.69, 9.17) is 10.1 Å². The van der Waals surface area contributed by atoms with E-state index in [2.05, 4.69) is 15.0 Å². The topological polar surface area (TPSA) is 140 Å². The van der Waals surface area contributed by atoms with Crippen molar-refractivity contribution in [2.24, 2.45) is 0 Å². The normalized spacial score (nSPS) is 34.5. The lowest BCUT2D eigenvalue weighted by Gasteiger charge is -2.39. The predicted molar refractivity (Wildman–Crippen MR) is 65.3 cm³/mol. The summed E-state index contributed by atoms with van der Waals surface area (Å²) in [4.78, 5) is 10.8. The molecule has 1 aliphatic rings. The largest absolute Gasteiger partial charge is 0.388 e. The molecule has 3 rings (SSSR count). The fraction of sp³-hybridized carbons (Fsp3) is 0.545. The Kier molecular flexibility index (Phi) is 3.05. The van der Waals surface area contributed by atoms with Crippen molar-refractivity contribution in [3.8, 4) is 0 Å². The van der Waals surface area contributed by atoms with Gasteiger partial charge in [0.25, 0.3) is 0 Å². The van der Waals surface area contributed by atoms with Crippen LogP contribution in [0.3, 0.4) is 0 Å². The maximum absolute atomic E-state index is 10.0. The van der Waals surface area contributed by atoms with Crippen molar-refractivity contribution in [2.75, 3.05) is 0 Å². The molecule has 5 N–H and O–H groups in total. The van der Waals surface area contributed by atoms with Crippen molar-refractivity contribution in [3.63, 3.8) is 0 Å². The Hall–Kier alpha value is -1.81. The zero-order valence-corrected chi connectivity index (χ0v) is 10.6. The molecular formula is C11H15N5O4. The van der Waals surface area contributed by atoms with Gasteiger partial charge in [-0.3, -0.25) is 9.98 Å². The first-order valence-electron chi connectivity index (χ1n) is 6.15. The fourth-order valence-corrected chi connectivity index (χ4v) is 2.32. The van der Waals surface area contributed by atoms with Gasteiger partial charge in [0.15, 0.2) is 17.4 Å². The number of aliphatic hydroxyl groups is 3. The highest BCUT2D eigenvalue weighted by Crippen LogP contribution is 2.27. The van der Waals surface area contributed by atoms with E-state index in [1.165, 1.54) is 17.2 Å². The summed E-state index contributed by atoms with van der Waals surface area (Å²) in [6, 6.07) is 0. The van der Waals surface area contributed by atoms with Crippen LogP contribution in [0.15, 0.2) is 12.7 Å². The molecule has 9 heteroatoms. The van der Waals surface area contributed by atoms with Gasteiger partial charge in [-0.2, -0.15) is 0 Å². The second kappa shape index (κ2) is 4.63. The lowest BCUT2D eigenvalue weighted by molar-refractivity contribution is -0.241. The van der Waals surface area contributed by atoms with E-state index in [0.29, 0.717) is 11.2 Å². The van der Waals surface area contributed by atoms with Crippen molar-refractivity contribution in [3.05, 3.63) is 18.1 Å². The Morgan fingerprint density at radius 2 is 2.00 bits per heavy atom.